The minimum Gasteiger partial charge on any atom is -0.327 e. The van der Waals surface area contributed by atoms with Gasteiger partial charge in [0.15, 0.2) is 0 Å². The van der Waals surface area contributed by atoms with E-state index in [-0.39, 0.29) is 5.56 Å². The molecule has 0 bridgehead atoms. The van der Waals surface area contributed by atoms with Crippen LogP contribution in [-0.2, 0) is 6.42 Å². The second-order valence-electron chi connectivity index (χ2n) is 4.19. The third-order valence-corrected chi connectivity index (χ3v) is 2.31. The van der Waals surface area contributed by atoms with Gasteiger partial charge in [-0.15, -0.1) is 0 Å². The zero-order valence-corrected chi connectivity index (χ0v) is 8.95. The molecule has 0 fully saturated rings. The molecule has 78 valence electrons. The van der Waals surface area contributed by atoms with E-state index in [1.807, 2.05) is 12.1 Å². The van der Waals surface area contributed by atoms with Gasteiger partial charge in [0.1, 0.15) is 5.52 Å². The van der Waals surface area contributed by atoms with Crippen molar-refractivity contribution in [1.29, 1.82) is 0 Å². The fourth-order valence-electron chi connectivity index (χ4n) is 1.70. The standard InChI is InChI=1S/C12H14N2O/c1-8(2)5-9-6-10-3-4-13-12(15)11(10)14-7-9/h3-4,6-8H,5H2,1-2H3,(H,13,15). The van der Waals surface area contributed by atoms with Gasteiger partial charge in [0, 0.05) is 17.8 Å². The maximum absolute atomic E-state index is 11.4. The smallest absolute Gasteiger partial charge is 0.274 e. The Labute approximate surface area is 88.2 Å². The van der Waals surface area contributed by atoms with Crippen molar-refractivity contribution >= 4 is 10.9 Å². The summed E-state index contributed by atoms with van der Waals surface area (Å²) in [6, 6.07) is 3.92. The molecule has 0 aliphatic rings. The van der Waals surface area contributed by atoms with Gasteiger partial charge < -0.3 is 4.98 Å². The summed E-state index contributed by atoms with van der Waals surface area (Å²) in [5.74, 6) is 0.603. The van der Waals surface area contributed by atoms with E-state index in [2.05, 4.69) is 23.8 Å². The topological polar surface area (TPSA) is 45.8 Å². The summed E-state index contributed by atoms with van der Waals surface area (Å²) in [5, 5.41) is 0.914. The van der Waals surface area contributed by atoms with Crippen molar-refractivity contribution in [2.24, 2.45) is 5.92 Å². The highest BCUT2D eigenvalue weighted by molar-refractivity contribution is 5.77. The summed E-state index contributed by atoms with van der Waals surface area (Å²) in [7, 11) is 0. The fourth-order valence-corrected chi connectivity index (χ4v) is 1.70. The Morgan fingerprint density at radius 1 is 1.47 bits per heavy atom. The normalized spacial score (nSPS) is 11.1. The molecule has 0 aromatic carbocycles. The zero-order valence-electron chi connectivity index (χ0n) is 8.95. The largest absolute Gasteiger partial charge is 0.327 e. The van der Waals surface area contributed by atoms with Crippen molar-refractivity contribution in [3.63, 3.8) is 0 Å². The van der Waals surface area contributed by atoms with Crippen LogP contribution in [0.1, 0.15) is 19.4 Å². The summed E-state index contributed by atoms with van der Waals surface area (Å²) in [6.45, 7) is 4.34. The van der Waals surface area contributed by atoms with E-state index in [9.17, 15) is 4.79 Å². The van der Waals surface area contributed by atoms with Crippen molar-refractivity contribution in [1.82, 2.24) is 9.97 Å². The van der Waals surface area contributed by atoms with E-state index in [0.717, 1.165) is 11.8 Å². The first-order valence-corrected chi connectivity index (χ1v) is 5.13. The Hall–Kier alpha value is -1.64. The third-order valence-electron chi connectivity index (χ3n) is 2.31. The lowest BCUT2D eigenvalue weighted by Gasteiger charge is -2.04. The number of hydrogen-bond donors (Lipinski definition) is 1. The van der Waals surface area contributed by atoms with Crippen LogP contribution >= 0.6 is 0 Å². The number of aromatic nitrogens is 2. The summed E-state index contributed by atoms with van der Waals surface area (Å²) >= 11 is 0. The Bertz CT molecular complexity index is 528. The average Bonchev–Trinajstić information content (AvgIpc) is 2.17. The molecule has 0 spiro atoms. The molecule has 0 radical (unpaired) electrons. The number of rotatable bonds is 2. The first kappa shape index (κ1) is 9.90. The predicted octanol–water partition coefficient (Wildman–Crippen LogP) is 2.12. The predicted molar refractivity (Wildman–Crippen MR) is 60.9 cm³/mol. The quantitative estimate of drug-likeness (QED) is 0.810. The Morgan fingerprint density at radius 2 is 2.27 bits per heavy atom. The summed E-state index contributed by atoms with van der Waals surface area (Å²) < 4.78 is 0. The highest BCUT2D eigenvalue weighted by atomic mass is 16.1. The van der Waals surface area contributed by atoms with Gasteiger partial charge in [0.2, 0.25) is 0 Å². The molecule has 0 aliphatic heterocycles. The molecule has 15 heavy (non-hydrogen) atoms. The van der Waals surface area contributed by atoms with Crippen molar-refractivity contribution < 1.29 is 0 Å². The molecule has 0 amide bonds. The van der Waals surface area contributed by atoms with E-state index in [1.165, 1.54) is 5.56 Å². The first-order valence-electron chi connectivity index (χ1n) is 5.13. The second-order valence-corrected chi connectivity index (χ2v) is 4.19. The van der Waals surface area contributed by atoms with Gasteiger partial charge in [-0.3, -0.25) is 9.78 Å². The van der Waals surface area contributed by atoms with Crippen LogP contribution in [-0.4, -0.2) is 9.97 Å². The minimum atomic E-state index is -0.122. The van der Waals surface area contributed by atoms with Gasteiger partial charge in [-0.25, -0.2) is 0 Å². The second kappa shape index (κ2) is 3.85. The van der Waals surface area contributed by atoms with Crippen LogP contribution in [0.25, 0.3) is 10.9 Å². The van der Waals surface area contributed by atoms with Gasteiger partial charge in [-0.1, -0.05) is 13.8 Å². The van der Waals surface area contributed by atoms with Gasteiger partial charge >= 0.3 is 0 Å². The number of hydrogen-bond acceptors (Lipinski definition) is 2. The van der Waals surface area contributed by atoms with Crippen LogP contribution in [0.15, 0.2) is 29.3 Å². The lowest BCUT2D eigenvalue weighted by molar-refractivity contribution is 0.646. The molecule has 3 nitrogen and oxygen atoms in total. The van der Waals surface area contributed by atoms with E-state index in [0.29, 0.717) is 11.4 Å². The minimum absolute atomic E-state index is 0.122. The molecule has 0 unspecified atom stereocenters. The monoisotopic (exact) mass is 202 g/mol. The van der Waals surface area contributed by atoms with Gasteiger partial charge in [-0.05, 0) is 30.0 Å². The SMILES string of the molecule is CC(C)Cc1cnc2c(=O)[nH]ccc2c1. The lowest BCUT2D eigenvalue weighted by Crippen LogP contribution is -2.07. The van der Waals surface area contributed by atoms with Crippen molar-refractivity contribution in [3.05, 3.63) is 40.4 Å². The van der Waals surface area contributed by atoms with Crippen LogP contribution in [0.3, 0.4) is 0 Å². The molecular weight excluding hydrogens is 188 g/mol. The van der Waals surface area contributed by atoms with E-state index < -0.39 is 0 Å². The van der Waals surface area contributed by atoms with Gasteiger partial charge in [-0.2, -0.15) is 0 Å². The summed E-state index contributed by atoms with van der Waals surface area (Å²) in [6.07, 6.45) is 4.44. The first-order chi connectivity index (χ1) is 7.16. The Morgan fingerprint density at radius 3 is 3.00 bits per heavy atom. The number of fused-ring (bicyclic) bond motifs is 1. The van der Waals surface area contributed by atoms with Crippen molar-refractivity contribution in [2.45, 2.75) is 20.3 Å². The Kier molecular flexibility index (Phi) is 2.54. The zero-order chi connectivity index (χ0) is 10.8. The molecule has 0 atom stereocenters. The molecule has 2 aromatic rings. The van der Waals surface area contributed by atoms with Crippen LogP contribution in [0, 0.1) is 5.92 Å². The van der Waals surface area contributed by atoms with Gasteiger partial charge in [0.05, 0.1) is 0 Å². The van der Waals surface area contributed by atoms with Crippen LogP contribution in [0.2, 0.25) is 0 Å². The van der Waals surface area contributed by atoms with Crippen molar-refractivity contribution in [3.8, 4) is 0 Å². The molecule has 0 aliphatic carbocycles. The molecule has 3 heteroatoms. The molecule has 0 saturated heterocycles. The van der Waals surface area contributed by atoms with Crippen molar-refractivity contribution in [2.75, 3.05) is 0 Å². The van der Waals surface area contributed by atoms with Gasteiger partial charge in [0.25, 0.3) is 5.56 Å². The summed E-state index contributed by atoms with van der Waals surface area (Å²) in [4.78, 5) is 18.2. The maximum atomic E-state index is 11.4. The Balaban J connectivity index is 2.52. The number of H-pyrrole nitrogens is 1. The molecule has 2 rings (SSSR count). The molecule has 2 heterocycles. The van der Waals surface area contributed by atoms with E-state index in [4.69, 9.17) is 0 Å². The number of aromatic amines is 1. The number of pyridine rings is 2. The fraction of sp³-hybridized carbons (Fsp3) is 0.333. The third kappa shape index (κ3) is 2.06. The molecule has 2 aromatic heterocycles. The van der Waals surface area contributed by atoms with E-state index in [1.54, 1.807) is 12.4 Å². The molecular formula is C12H14N2O. The lowest BCUT2D eigenvalue weighted by atomic mass is 10.0. The summed E-state index contributed by atoms with van der Waals surface area (Å²) in [5.41, 5.74) is 1.58. The average molecular weight is 202 g/mol. The van der Waals surface area contributed by atoms with Crippen LogP contribution in [0.5, 0.6) is 0 Å². The highest BCUT2D eigenvalue weighted by Gasteiger charge is 2.02. The number of nitrogens with zero attached hydrogens (tertiary/aromatic N) is 1. The van der Waals surface area contributed by atoms with Crippen LogP contribution < -0.4 is 5.56 Å². The molecule has 1 N–H and O–H groups in total. The molecule has 0 saturated carbocycles. The van der Waals surface area contributed by atoms with E-state index >= 15 is 0 Å². The highest BCUT2D eigenvalue weighted by Crippen LogP contribution is 2.12. The maximum Gasteiger partial charge on any atom is 0.274 e. The number of nitrogens with one attached hydrogen (secondary N) is 1. The van der Waals surface area contributed by atoms with Crippen LogP contribution in [0.4, 0.5) is 0 Å².